The quantitative estimate of drug-likeness (QED) is 0.733. The third-order valence-corrected chi connectivity index (χ3v) is 4.51. The second-order valence-corrected chi connectivity index (χ2v) is 7.16. The van der Waals surface area contributed by atoms with Crippen LogP contribution in [-0.2, 0) is 16.1 Å². The Hall–Kier alpha value is -2.82. The van der Waals surface area contributed by atoms with Crippen molar-refractivity contribution in [1.29, 1.82) is 0 Å². The lowest BCUT2D eigenvalue weighted by Crippen LogP contribution is -2.31. The average Bonchev–Trinajstić information content (AvgIpc) is 2.59. The van der Waals surface area contributed by atoms with Crippen LogP contribution in [0.2, 0.25) is 0 Å². The lowest BCUT2D eigenvalue weighted by atomic mass is 10.00. The molecule has 5 heteroatoms. The Labute approximate surface area is 161 Å². The predicted molar refractivity (Wildman–Crippen MR) is 108 cm³/mol. The molecule has 144 valence electrons. The minimum absolute atomic E-state index is 0.234. The number of rotatable bonds is 6. The van der Waals surface area contributed by atoms with Crippen molar-refractivity contribution < 1.29 is 14.3 Å². The molecular formula is C22H28N2O3. The van der Waals surface area contributed by atoms with E-state index in [1.807, 2.05) is 76.2 Å². The van der Waals surface area contributed by atoms with Crippen LogP contribution in [0.25, 0.3) is 0 Å². The number of likely N-dealkylation sites (N-methyl/N-ethyl adjacent to an activating group) is 1. The number of ether oxygens (including phenoxy) is 1. The maximum atomic E-state index is 12.4. The molecule has 0 saturated heterocycles. The van der Waals surface area contributed by atoms with Gasteiger partial charge in [-0.15, -0.1) is 0 Å². The van der Waals surface area contributed by atoms with Gasteiger partial charge in [-0.2, -0.15) is 0 Å². The van der Waals surface area contributed by atoms with Gasteiger partial charge < -0.3 is 14.5 Å². The van der Waals surface area contributed by atoms with Crippen molar-refractivity contribution in [3.63, 3.8) is 0 Å². The predicted octanol–water partition coefficient (Wildman–Crippen LogP) is 3.49. The molecule has 2 rings (SSSR count). The lowest BCUT2D eigenvalue weighted by molar-refractivity contribution is -0.133. The lowest BCUT2D eigenvalue weighted by Gasteiger charge is -2.19. The number of benzene rings is 2. The normalized spacial score (nSPS) is 10.4. The van der Waals surface area contributed by atoms with E-state index in [9.17, 15) is 9.59 Å². The molecule has 5 nitrogen and oxygen atoms in total. The first-order valence-electron chi connectivity index (χ1n) is 8.94. The second-order valence-electron chi connectivity index (χ2n) is 7.16. The summed E-state index contributed by atoms with van der Waals surface area (Å²) in [6.45, 7) is 5.94. The SMILES string of the molecule is Cc1cc(C)c(C(=O)OCC(=O)N(C)Cc2ccc(N(C)C)cc2)c(C)c1. The van der Waals surface area contributed by atoms with E-state index in [1.54, 1.807) is 11.9 Å². The highest BCUT2D eigenvalue weighted by molar-refractivity contribution is 5.94. The first-order chi connectivity index (χ1) is 12.7. The molecule has 0 bridgehead atoms. The molecule has 0 radical (unpaired) electrons. The van der Waals surface area contributed by atoms with Gasteiger partial charge in [0.15, 0.2) is 6.61 Å². The van der Waals surface area contributed by atoms with Gasteiger partial charge in [0.25, 0.3) is 5.91 Å². The van der Waals surface area contributed by atoms with E-state index in [0.717, 1.165) is 27.9 Å². The third-order valence-electron chi connectivity index (χ3n) is 4.51. The maximum absolute atomic E-state index is 12.4. The van der Waals surface area contributed by atoms with Gasteiger partial charge in [-0.3, -0.25) is 4.79 Å². The van der Waals surface area contributed by atoms with Crippen LogP contribution in [0.15, 0.2) is 36.4 Å². The highest BCUT2D eigenvalue weighted by Crippen LogP contribution is 2.18. The fourth-order valence-electron chi connectivity index (χ4n) is 3.07. The number of esters is 1. The summed E-state index contributed by atoms with van der Waals surface area (Å²) in [5.74, 6) is -0.690. The van der Waals surface area contributed by atoms with Gasteiger partial charge in [0.2, 0.25) is 0 Å². The molecule has 0 N–H and O–H groups in total. The van der Waals surface area contributed by atoms with Crippen molar-refractivity contribution in [3.8, 4) is 0 Å². The Morgan fingerprint density at radius 2 is 1.48 bits per heavy atom. The summed E-state index contributed by atoms with van der Waals surface area (Å²) in [5, 5.41) is 0. The van der Waals surface area contributed by atoms with Gasteiger partial charge in [-0.05, 0) is 49.6 Å². The minimum atomic E-state index is -0.456. The van der Waals surface area contributed by atoms with E-state index in [4.69, 9.17) is 4.74 Å². The van der Waals surface area contributed by atoms with E-state index >= 15 is 0 Å². The molecule has 0 saturated carbocycles. The molecule has 27 heavy (non-hydrogen) atoms. The molecule has 0 heterocycles. The number of nitrogens with zero attached hydrogens (tertiary/aromatic N) is 2. The number of carbonyl (C=O) groups is 2. The Kier molecular flexibility index (Phi) is 6.61. The molecular weight excluding hydrogens is 340 g/mol. The summed E-state index contributed by atoms with van der Waals surface area (Å²) in [5.41, 5.74) is 5.48. The number of amides is 1. The van der Waals surface area contributed by atoms with Crippen LogP contribution in [-0.4, -0.2) is 44.5 Å². The average molecular weight is 368 g/mol. The van der Waals surface area contributed by atoms with Gasteiger partial charge >= 0.3 is 5.97 Å². The molecule has 2 aromatic rings. The fraction of sp³-hybridized carbons (Fsp3) is 0.364. The van der Waals surface area contributed by atoms with Crippen molar-refractivity contribution in [1.82, 2.24) is 4.90 Å². The monoisotopic (exact) mass is 368 g/mol. The van der Waals surface area contributed by atoms with Gasteiger partial charge in [0, 0.05) is 33.4 Å². The number of aryl methyl sites for hydroxylation is 3. The van der Waals surface area contributed by atoms with Crippen LogP contribution in [0.4, 0.5) is 5.69 Å². The zero-order valence-corrected chi connectivity index (χ0v) is 17.0. The van der Waals surface area contributed by atoms with Crippen molar-refractivity contribution in [3.05, 3.63) is 64.2 Å². The van der Waals surface area contributed by atoms with Crippen molar-refractivity contribution in [2.75, 3.05) is 32.6 Å². The Balaban J connectivity index is 1.94. The van der Waals surface area contributed by atoms with Crippen LogP contribution in [0.1, 0.15) is 32.6 Å². The summed E-state index contributed by atoms with van der Waals surface area (Å²) >= 11 is 0. The molecule has 0 atom stereocenters. The number of hydrogen-bond donors (Lipinski definition) is 0. The number of anilines is 1. The molecule has 0 unspecified atom stereocenters. The second kappa shape index (κ2) is 8.71. The first-order valence-corrected chi connectivity index (χ1v) is 8.94. The standard InChI is InChI=1S/C22H28N2O3/c1-15-11-16(2)21(17(3)12-15)22(26)27-14-20(25)24(6)13-18-7-9-19(10-8-18)23(4)5/h7-12H,13-14H2,1-6H3. The zero-order valence-electron chi connectivity index (χ0n) is 17.0. The highest BCUT2D eigenvalue weighted by Gasteiger charge is 2.17. The van der Waals surface area contributed by atoms with Gasteiger partial charge in [-0.1, -0.05) is 29.8 Å². The largest absolute Gasteiger partial charge is 0.452 e. The molecule has 1 amide bonds. The molecule has 0 aliphatic carbocycles. The van der Waals surface area contributed by atoms with E-state index in [0.29, 0.717) is 12.1 Å². The van der Waals surface area contributed by atoms with E-state index in [-0.39, 0.29) is 12.5 Å². The van der Waals surface area contributed by atoms with Crippen molar-refractivity contribution in [2.45, 2.75) is 27.3 Å². The third kappa shape index (κ3) is 5.33. The van der Waals surface area contributed by atoms with E-state index in [1.165, 1.54) is 0 Å². The summed E-state index contributed by atoms with van der Waals surface area (Å²) in [7, 11) is 5.67. The summed E-state index contributed by atoms with van der Waals surface area (Å²) in [6, 6.07) is 11.9. The van der Waals surface area contributed by atoms with Gasteiger partial charge in [0.05, 0.1) is 5.56 Å². The molecule has 0 aromatic heterocycles. The fourth-order valence-corrected chi connectivity index (χ4v) is 3.07. The van der Waals surface area contributed by atoms with E-state index < -0.39 is 5.97 Å². The Morgan fingerprint density at radius 1 is 0.926 bits per heavy atom. The Morgan fingerprint density at radius 3 is 2.00 bits per heavy atom. The van der Waals surface area contributed by atoms with Crippen LogP contribution in [0, 0.1) is 20.8 Å². The van der Waals surface area contributed by atoms with Crippen LogP contribution in [0.3, 0.4) is 0 Å². The summed E-state index contributed by atoms with van der Waals surface area (Å²) in [4.78, 5) is 28.3. The maximum Gasteiger partial charge on any atom is 0.339 e. The van der Waals surface area contributed by atoms with Gasteiger partial charge in [0.1, 0.15) is 0 Å². The van der Waals surface area contributed by atoms with Crippen LogP contribution in [0.5, 0.6) is 0 Å². The van der Waals surface area contributed by atoms with Crippen molar-refractivity contribution >= 4 is 17.6 Å². The molecule has 0 fully saturated rings. The zero-order chi connectivity index (χ0) is 20.1. The molecule has 0 spiro atoms. The minimum Gasteiger partial charge on any atom is -0.452 e. The smallest absolute Gasteiger partial charge is 0.339 e. The molecule has 0 aliphatic heterocycles. The first kappa shape index (κ1) is 20.5. The van der Waals surface area contributed by atoms with Gasteiger partial charge in [-0.25, -0.2) is 4.79 Å². The number of carbonyl (C=O) groups excluding carboxylic acids is 2. The van der Waals surface area contributed by atoms with Crippen LogP contribution >= 0.6 is 0 Å². The number of hydrogen-bond acceptors (Lipinski definition) is 4. The molecule has 2 aromatic carbocycles. The topological polar surface area (TPSA) is 49.9 Å². The van der Waals surface area contributed by atoms with E-state index in [2.05, 4.69) is 0 Å². The summed E-state index contributed by atoms with van der Waals surface area (Å²) < 4.78 is 5.26. The van der Waals surface area contributed by atoms with Crippen molar-refractivity contribution in [2.24, 2.45) is 0 Å². The highest BCUT2D eigenvalue weighted by atomic mass is 16.5. The summed E-state index contributed by atoms with van der Waals surface area (Å²) in [6.07, 6.45) is 0. The Bertz CT molecular complexity index is 803. The van der Waals surface area contributed by atoms with Crippen LogP contribution < -0.4 is 4.90 Å². The molecule has 0 aliphatic rings.